The summed E-state index contributed by atoms with van der Waals surface area (Å²) in [6, 6.07) is 11.8. The molecule has 0 saturated carbocycles. The van der Waals surface area contributed by atoms with E-state index >= 15 is 0 Å². The first-order chi connectivity index (χ1) is 14.1. The number of esters is 1. The monoisotopic (exact) mass is 397 g/mol. The van der Waals surface area contributed by atoms with Crippen LogP contribution in [0.2, 0.25) is 0 Å². The Balaban J connectivity index is 1.38. The van der Waals surface area contributed by atoms with Crippen LogP contribution >= 0.6 is 0 Å². The molecule has 6 heteroatoms. The fourth-order valence-corrected chi connectivity index (χ4v) is 3.53. The molecule has 0 spiro atoms. The Labute approximate surface area is 171 Å². The minimum atomic E-state index is -0.391. The molecule has 6 nitrogen and oxygen atoms in total. The fraction of sp³-hybridized carbons (Fsp3) is 0.391. The third-order valence-electron chi connectivity index (χ3n) is 5.06. The van der Waals surface area contributed by atoms with E-state index in [0.717, 1.165) is 24.0 Å². The van der Waals surface area contributed by atoms with Crippen LogP contribution < -0.4 is 14.8 Å². The minimum Gasteiger partial charge on any atom is -0.493 e. The van der Waals surface area contributed by atoms with Gasteiger partial charge < -0.3 is 19.5 Å². The highest BCUT2D eigenvalue weighted by Gasteiger charge is 2.13. The SMILES string of the molecule is COc1ccc(CCNC(=O)COC(=O)Cc2ccc3c(c2)CCC3)cc1OC. The summed E-state index contributed by atoms with van der Waals surface area (Å²) in [6.07, 6.45) is 4.18. The van der Waals surface area contributed by atoms with Crippen molar-refractivity contribution in [2.24, 2.45) is 0 Å². The van der Waals surface area contributed by atoms with Crippen molar-refractivity contribution in [1.29, 1.82) is 0 Å². The van der Waals surface area contributed by atoms with Crippen LogP contribution in [0, 0.1) is 0 Å². The van der Waals surface area contributed by atoms with Gasteiger partial charge in [0.15, 0.2) is 18.1 Å². The van der Waals surface area contributed by atoms with E-state index in [1.807, 2.05) is 24.3 Å². The van der Waals surface area contributed by atoms with Crippen LogP contribution in [0.15, 0.2) is 36.4 Å². The molecule has 1 N–H and O–H groups in total. The highest BCUT2D eigenvalue weighted by molar-refractivity contribution is 5.81. The summed E-state index contributed by atoms with van der Waals surface area (Å²) < 4.78 is 15.6. The molecule has 0 aromatic heterocycles. The van der Waals surface area contributed by atoms with Gasteiger partial charge in [-0.25, -0.2) is 0 Å². The standard InChI is InChI=1S/C23H27NO5/c1-27-20-9-7-16(13-21(20)28-2)10-11-24-22(25)15-29-23(26)14-17-6-8-18-4-3-5-19(18)12-17/h6-9,12-13H,3-5,10-11,14-15H2,1-2H3,(H,24,25). The van der Waals surface area contributed by atoms with E-state index in [-0.39, 0.29) is 18.9 Å². The summed E-state index contributed by atoms with van der Waals surface area (Å²) >= 11 is 0. The average molecular weight is 397 g/mol. The van der Waals surface area contributed by atoms with E-state index in [1.54, 1.807) is 14.2 Å². The highest BCUT2D eigenvalue weighted by atomic mass is 16.5. The van der Waals surface area contributed by atoms with Crippen molar-refractivity contribution in [2.45, 2.75) is 32.1 Å². The summed E-state index contributed by atoms with van der Waals surface area (Å²) in [5.41, 5.74) is 4.64. The number of ether oxygens (including phenoxy) is 3. The van der Waals surface area contributed by atoms with Gasteiger partial charge in [-0.15, -0.1) is 0 Å². The second-order valence-corrected chi connectivity index (χ2v) is 7.08. The maximum absolute atomic E-state index is 12.0. The van der Waals surface area contributed by atoms with Crippen molar-refractivity contribution in [3.05, 3.63) is 58.7 Å². The van der Waals surface area contributed by atoms with Crippen molar-refractivity contribution in [3.8, 4) is 11.5 Å². The molecule has 3 rings (SSSR count). The van der Waals surface area contributed by atoms with Gasteiger partial charge in [-0.3, -0.25) is 9.59 Å². The maximum Gasteiger partial charge on any atom is 0.310 e. The Kier molecular flexibility index (Phi) is 7.11. The molecule has 0 radical (unpaired) electrons. The second-order valence-electron chi connectivity index (χ2n) is 7.08. The van der Waals surface area contributed by atoms with Crippen LogP contribution in [0.1, 0.15) is 28.7 Å². The number of aryl methyl sites for hydroxylation is 2. The first kappa shape index (κ1) is 20.7. The molecular formula is C23H27NO5. The Bertz CT molecular complexity index is 878. The smallest absolute Gasteiger partial charge is 0.310 e. The van der Waals surface area contributed by atoms with E-state index in [4.69, 9.17) is 14.2 Å². The third kappa shape index (κ3) is 5.73. The zero-order valence-corrected chi connectivity index (χ0v) is 17.0. The number of amides is 1. The number of rotatable bonds is 9. The fourth-order valence-electron chi connectivity index (χ4n) is 3.53. The molecule has 0 unspecified atom stereocenters. The summed E-state index contributed by atoms with van der Waals surface area (Å²) in [4.78, 5) is 23.9. The molecule has 2 aromatic carbocycles. The minimum absolute atomic E-state index is 0.187. The molecule has 0 atom stereocenters. The van der Waals surface area contributed by atoms with Gasteiger partial charge in [-0.1, -0.05) is 24.3 Å². The number of benzene rings is 2. The topological polar surface area (TPSA) is 73.9 Å². The van der Waals surface area contributed by atoms with E-state index < -0.39 is 5.97 Å². The molecule has 0 heterocycles. The lowest BCUT2D eigenvalue weighted by Gasteiger charge is -2.10. The van der Waals surface area contributed by atoms with Crippen molar-refractivity contribution in [2.75, 3.05) is 27.4 Å². The van der Waals surface area contributed by atoms with E-state index in [1.165, 1.54) is 17.5 Å². The normalized spacial score (nSPS) is 12.2. The predicted octanol–water partition coefficient (Wildman–Crippen LogP) is 2.64. The Morgan fingerprint density at radius 2 is 1.69 bits per heavy atom. The van der Waals surface area contributed by atoms with Crippen LogP contribution in [-0.4, -0.2) is 39.2 Å². The van der Waals surface area contributed by atoms with Crippen LogP contribution in [0.4, 0.5) is 0 Å². The molecule has 1 aliphatic carbocycles. The Morgan fingerprint density at radius 1 is 0.931 bits per heavy atom. The number of methoxy groups -OCH3 is 2. The summed E-state index contributed by atoms with van der Waals surface area (Å²) in [6.45, 7) is 0.173. The number of hydrogen-bond acceptors (Lipinski definition) is 5. The van der Waals surface area contributed by atoms with Crippen molar-refractivity contribution < 1.29 is 23.8 Å². The molecular weight excluding hydrogens is 370 g/mol. The second kappa shape index (κ2) is 9.96. The molecule has 0 saturated heterocycles. The molecule has 0 bridgehead atoms. The number of carbonyl (C=O) groups excluding carboxylic acids is 2. The first-order valence-electron chi connectivity index (χ1n) is 9.83. The molecule has 154 valence electrons. The quantitative estimate of drug-likeness (QED) is 0.659. The van der Waals surface area contributed by atoms with E-state index in [2.05, 4.69) is 17.4 Å². The van der Waals surface area contributed by atoms with Crippen molar-refractivity contribution >= 4 is 11.9 Å². The Hall–Kier alpha value is -3.02. The number of nitrogens with one attached hydrogen (secondary N) is 1. The van der Waals surface area contributed by atoms with E-state index in [0.29, 0.717) is 24.5 Å². The highest BCUT2D eigenvalue weighted by Crippen LogP contribution is 2.27. The van der Waals surface area contributed by atoms with Gasteiger partial charge in [-0.2, -0.15) is 0 Å². The van der Waals surface area contributed by atoms with Gasteiger partial charge in [0.1, 0.15) is 0 Å². The largest absolute Gasteiger partial charge is 0.493 e. The molecule has 0 aliphatic heterocycles. The van der Waals surface area contributed by atoms with Gasteiger partial charge in [0.2, 0.25) is 0 Å². The number of carbonyl (C=O) groups is 2. The number of fused-ring (bicyclic) bond motifs is 1. The van der Waals surface area contributed by atoms with Crippen LogP contribution in [0.3, 0.4) is 0 Å². The van der Waals surface area contributed by atoms with Gasteiger partial charge >= 0.3 is 5.97 Å². The predicted molar refractivity (Wildman–Crippen MR) is 109 cm³/mol. The van der Waals surface area contributed by atoms with Crippen molar-refractivity contribution in [3.63, 3.8) is 0 Å². The average Bonchev–Trinajstić information content (AvgIpc) is 3.20. The Morgan fingerprint density at radius 3 is 2.48 bits per heavy atom. The van der Waals surface area contributed by atoms with Gasteiger partial charge in [-0.05, 0) is 60.1 Å². The van der Waals surface area contributed by atoms with Crippen LogP contribution in [0.5, 0.6) is 11.5 Å². The van der Waals surface area contributed by atoms with Crippen LogP contribution in [0.25, 0.3) is 0 Å². The van der Waals surface area contributed by atoms with Gasteiger partial charge in [0.25, 0.3) is 5.91 Å². The van der Waals surface area contributed by atoms with Gasteiger partial charge in [0, 0.05) is 6.54 Å². The lowest BCUT2D eigenvalue weighted by molar-refractivity contribution is -0.147. The molecule has 2 aromatic rings. The van der Waals surface area contributed by atoms with E-state index in [9.17, 15) is 9.59 Å². The molecule has 1 amide bonds. The maximum atomic E-state index is 12.0. The summed E-state index contributed by atoms with van der Waals surface area (Å²) in [7, 11) is 3.17. The van der Waals surface area contributed by atoms with Crippen LogP contribution in [-0.2, 0) is 40.0 Å². The number of hydrogen-bond donors (Lipinski definition) is 1. The van der Waals surface area contributed by atoms with Gasteiger partial charge in [0.05, 0.1) is 20.6 Å². The third-order valence-corrected chi connectivity index (χ3v) is 5.06. The molecule has 1 aliphatic rings. The molecule has 0 fully saturated rings. The summed E-state index contributed by atoms with van der Waals surface area (Å²) in [5, 5.41) is 2.76. The van der Waals surface area contributed by atoms with Crippen molar-refractivity contribution in [1.82, 2.24) is 5.32 Å². The summed E-state index contributed by atoms with van der Waals surface area (Å²) in [5.74, 6) is 0.609. The first-order valence-corrected chi connectivity index (χ1v) is 9.83. The zero-order valence-electron chi connectivity index (χ0n) is 17.0. The zero-order chi connectivity index (χ0) is 20.6. The lowest BCUT2D eigenvalue weighted by atomic mass is 10.0. The lowest BCUT2D eigenvalue weighted by Crippen LogP contribution is -2.30. The molecule has 29 heavy (non-hydrogen) atoms.